The molecule has 30 heavy (non-hydrogen) atoms. The Kier molecular flexibility index (Phi) is 5.88. The summed E-state index contributed by atoms with van der Waals surface area (Å²) in [5, 5.41) is 1.99. The van der Waals surface area contributed by atoms with Crippen LogP contribution in [0.4, 0.5) is 0 Å². The molecule has 0 unspecified atom stereocenters. The molecule has 3 aromatic rings. The number of oxazole rings is 1. The lowest BCUT2D eigenvalue weighted by Crippen LogP contribution is -2.48. The smallest absolute Gasteiger partial charge is 0.243 e. The summed E-state index contributed by atoms with van der Waals surface area (Å²) in [5.41, 5.74) is 1.39. The zero-order valence-corrected chi connectivity index (χ0v) is 18.5. The van der Waals surface area contributed by atoms with Gasteiger partial charge in [0.25, 0.3) is 0 Å². The van der Waals surface area contributed by atoms with Crippen molar-refractivity contribution < 1.29 is 17.6 Å². The zero-order valence-electron chi connectivity index (χ0n) is 16.9. The van der Waals surface area contributed by atoms with Crippen LogP contribution < -0.4 is 0 Å². The molecule has 0 amide bonds. The SMILES string of the molecule is CC(=O)c1ccc(S(=O)(=O)N2CCN(Cc3nc(-c4cccs4)oc3C)CC2)cc1. The minimum Gasteiger partial charge on any atom is -0.440 e. The lowest BCUT2D eigenvalue weighted by Gasteiger charge is -2.33. The summed E-state index contributed by atoms with van der Waals surface area (Å²) in [4.78, 5) is 19.4. The number of hydrogen-bond acceptors (Lipinski definition) is 7. The summed E-state index contributed by atoms with van der Waals surface area (Å²) in [6.45, 7) is 6.04. The van der Waals surface area contributed by atoms with Crippen LogP contribution in [0, 0.1) is 6.92 Å². The molecule has 0 N–H and O–H groups in total. The normalized spacial score (nSPS) is 16.1. The molecule has 0 aliphatic carbocycles. The predicted molar refractivity (Wildman–Crippen MR) is 115 cm³/mol. The molecule has 1 saturated heterocycles. The van der Waals surface area contributed by atoms with Gasteiger partial charge in [-0.25, -0.2) is 13.4 Å². The van der Waals surface area contributed by atoms with E-state index in [0.29, 0.717) is 44.2 Å². The molecule has 7 nitrogen and oxygen atoms in total. The quantitative estimate of drug-likeness (QED) is 0.541. The van der Waals surface area contributed by atoms with Gasteiger partial charge in [0, 0.05) is 38.3 Å². The highest BCUT2D eigenvalue weighted by Crippen LogP contribution is 2.27. The molecule has 0 bridgehead atoms. The molecule has 0 spiro atoms. The van der Waals surface area contributed by atoms with Crippen LogP contribution in [0.1, 0.15) is 28.7 Å². The number of nitrogens with zero attached hydrogens (tertiary/aromatic N) is 3. The van der Waals surface area contributed by atoms with Gasteiger partial charge in [-0.2, -0.15) is 4.31 Å². The molecule has 0 saturated carbocycles. The van der Waals surface area contributed by atoms with E-state index in [4.69, 9.17) is 4.42 Å². The van der Waals surface area contributed by atoms with Gasteiger partial charge in [0.1, 0.15) is 5.76 Å². The van der Waals surface area contributed by atoms with E-state index in [2.05, 4.69) is 9.88 Å². The van der Waals surface area contributed by atoms with Crippen LogP contribution in [0.25, 0.3) is 10.8 Å². The summed E-state index contributed by atoms with van der Waals surface area (Å²) in [5.74, 6) is 1.34. The van der Waals surface area contributed by atoms with Crippen LogP contribution in [0.5, 0.6) is 0 Å². The van der Waals surface area contributed by atoms with E-state index < -0.39 is 10.0 Å². The van der Waals surface area contributed by atoms with E-state index in [1.54, 1.807) is 23.5 Å². The summed E-state index contributed by atoms with van der Waals surface area (Å²) in [6, 6.07) is 10.1. The van der Waals surface area contributed by atoms with Crippen LogP contribution in [0.3, 0.4) is 0 Å². The number of rotatable bonds is 6. The first kappa shape index (κ1) is 20.9. The number of benzene rings is 1. The van der Waals surface area contributed by atoms with Crippen molar-refractivity contribution in [2.24, 2.45) is 0 Å². The van der Waals surface area contributed by atoms with Gasteiger partial charge in [0.05, 0.1) is 15.5 Å². The second-order valence-electron chi connectivity index (χ2n) is 7.26. The second kappa shape index (κ2) is 8.43. The van der Waals surface area contributed by atoms with Crippen molar-refractivity contribution in [2.45, 2.75) is 25.3 Å². The first-order valence-corrected chi connectivity index (χ1v) is 12.0. The molecule has 1 aliphatic rings. The number of aryl methyl sites for hydroxylation is 1. The number of carbonyl (C=O) groups excluding carboxylic acids is 1. The van der Waals surface area contributed by atoms with Crippen LogP contribution in [-0.2, 0) is 16.6 Å². The second-order valence-corrected chi connectivity index (χ2v) is 10.1. The van der Waals surface area contributed by atoms with Crippen molar-refractivity contribution in [3.63, 3.8) is 0 Å². The lowest BCUT2D eigenvalue weighted by atomic mass is 10.2. The maximum Gasteiger partial charge on any atom is 0.243 e. The summed E-state index contributed by atoms with van der Waals surface area (Å²) < 4.78 is 33.1. The van der Waals surface area contributed by atoms with Crippen molar-refractivity contribution in [1.82, 2.24) is 14.2 Å². The molecule has 2 aromatic heterocycles. The molecular weight excluding hydrogens is 422 g/mol. The highest BCUT2D eigenvalue weighted by atomic mass is 32.2. The third-order valence-electron chi connectivity index (χ3n) is 5.23. The van der Waals surface area contributed by atoms with Crippen molar-refractivity contribution in [1.29, 1.82) is 0 Å². The highest BCUT2D eigenvalue weighted by molar-refractivity contribution is 7.89. The van der Waals surface area contributed by atoms with Gasteiger partial charge >= 0.3 is 0 Å². The van der Waals surface area contributed by atoms with Gasteiger partial charge in [-0.05, 0) is 37.4 Å². The fourth-order valence-corrected chi connectivity index (χ4v) is 5.50. The van der Waals surface area contributed by atoms with E-state index in [1.807, 2.05) is 24.4 Å². The Labute approximate surface area is 180 Å². The van der Waals surface area contributed by atoms with Crippen molar-refractivity contribution in [3.05, 3.63) is 58.8 Å². The van der Waals surface area contributed by atoms with Crippen LogP contribution >= 0.6 is 11.3 Å². The number of carbonyl (C=O) groups is 1. The number of aromatic nitrogens is 1. The van der Waals surface area contributed by atoms with Crippen LogP contribution in [-0.4, -0.2) is 54.6 Å². The molecular formula is C21H23N3O4S2. The molecule has 1 aliphatic heterocycles. The Morgan fingerprint density at radius 2 is 1.83 bits per heavy atom. The van der Waals surface area contributed by atoms with Crippen LogP contribution in [0.15, 0.2) is 51.1 Å². The van der Waals surface area contributed by atoms with E-state index in [-0.39, 0.29) is 10.7 Å². The Hall–Kier alpha value is -2.33. The molecule has 1 aromatic carbocycles. The van der Waals surface area contributed by atoms with E-state index in [1.165, 1.54) is 23.4 Å². The number of ketones is 1. The van der Waals surface area contributed by atoms with Gasteiger partial charge < -0.3 is 4.42 Å². The zero-order chi connectivity index (χ0) is 21.3. The minimum absolute atomic E-state index is 0.0852. The standard InChI is InChI=1S/C21H23N3O4S2/c1-15(25)17-5-7-18(8-6-17)30(26,27)24-11-9-23(10-12-24)14-19-16(2)28-21(22-19)20-4-3-13-29-20/h3-8,13H,9-12,14H2,1-2H3. The minimum atomic E-state index is -3.57. The van der Waals surface area contributed by atoms with E-state index in [0.717, 1.165) is 16.3 Å². The maximum absolute atomic E-state index is 12.9. The summed E-state index contributed by atoms with van der Waals surface area (Å²) in [6.07, 6.45) is 0. The van der Waals surface area contributed by atoms with Gasteiger partial charge in [0.2, 0.25) is 15.9 Å². The Morgan fingerprint density at radius 1 is 1.13 bits per heavy atom. The largest absolute Gasteiger partial charge is 0.440 e. The average Bonchev–Trinajstić information content (AvgIpc) is 3.39. The molecule has 9 heteroatoms. The molecule has 0 radical (unpaired) electrons. The predicted octanol–water partition coefficient (Wildman–Crippen LogP) is 3.42. The number of hydrogen-bond donors (Lipinski definition) is 0. The molecule has 4 rings (SSSR count). The fraction of sp³-hybridized carbons (Fsp3) is 0.333. The molecule has 0 atom stereocenters. The topological polar surface area (TPSA) is 83.7 Å². The first-order valence-electron chi connectivity index (χ1n) is 9.68. The Bertz CT molecular complexity index is 1130. The monoisotopic (exact) mass is 445 g/mol. The number of Topliss-reactive ketones (excluding diaryl/α,β-unsaturated/α-hetero) is 1. The fourth-order valence-electron chi connectivity index (χ4n) is 3.43. The van der Waals surface area contributed by atoms with Crippen molar-refractivity contribution >= 4 is 27.1 Å². The van der Waals surface area contributed by atoms with Gasteiger partial charge in [-0.1, -0.05) is 18.2 Å². The summed E-state index contributed by atoms with van der Waals surface area (Å²) >= 11 is 1.59. The van der Waals surface area contributed by atoms with Crippen LogP contribution in [0.2, 0.25) is 0 Å². The Balaban J connectivity index is 1.39. The van der Waals surface area contributed by atoms with Crippen molar-refractivity contribution in [3.8, 4) is 10.8 Å². The number of thiophene rings is 1. The number of sulfonamides is 1. The summed E-state index contributed by atoms with van der Waals surface area (Å²) in [7, 11) is -3.57. The number of piperazine rings is 1. The first-order chi connectivity index (χ1) is 14.3. The van der Waals surface area contributed by atoms with Gasteiger partial charge in [-0.15, -0.1) is 11.3 Å². The van der Waals surface area contributed by atoms with E-state index in [9.17, 15) is 13.2 Å². The maximum atomic E-state index is 12.9. The average molecular weight is 446 g/mol. The third-order valence-corrected chi connectivity index (χ3v) is 8.00. The van der Waals surface area contributed by atoms with Crippen molar-refractivity contribution in [2.75, 3.05) is 26.2 Å². The van der Waals surface area contributed by atoms with E-state index >= 15 is 0 Å². The molecule has 3 heterocycles. The Morgan fingerprint density at radius 3 is 2.43 bits per heavy atom. The molecule has 158 valence electrons. The third kappa shape index (κ3) is 4.24. The van der Waals surface area contributed by atoms with Gasteiger partial charge in [-0.3, -0.25) is 9.69 Å². The lowest BCUT2D eigenvalue weighted by molar-refractivity contribution is 0.101. The van der Waals surface area contributed by atoms with Gasteiger partial charge in [0.15, 0.2) is 5.78 Å². The highest BCUT2D eigenvalue weighted by Gasteiger charge is 2.29. The molecule has 1 fully saturated rings.